The van der Waals surface area contributed by atoms with E-state index in [1.807, 2.05) is 0 Å². The van der Waals surface area contributed by atoms with Crippen LogP contribution in [0, 0.1) is 0 Å². The van der Waals surface area contributed by atoms with Crippen molar-refractivity contribution in [1.82, 2.24) is 4.90 Å². The van der Waals surface area contributed by atoms with Crippen molar-refractivity contribution in [1.29, 1.82) is 0 Å². The molecule has 0 bridgehead atoms. The van der Waals surface area contributed by atoms with Crippen LogP contribution in [-0.2, 0) is 16.4 Å². The Morgan fingerprint density at radius 2 is 2.12 bits per heavy atom. The van der Waals surface area contributed by atoms with Gasteiger partial charge in [0.2, 0.25) is 0 Å². The van der Waals surface area contributed by atoms with Crippen molar-refractivity contribution < 1.29 is 23.4 Å². The van der Waals surface area contributed by atoms with Gasteiger partial charge in [0.05, 0.1) is 11.4 Å². The molecular formula is C10H11NO5S. The van der Waals surface area contributed by atoms with Gasteiger partial charge >= 0.3 is 6.09 Å². The molecular weight excluding hydrogens is 246 g/mol. The largest absolute Gasteiger partial charge is 0.465 e. The molecule has 1 atom stereocenters. The second kappa shape index (κ2) is 3.71. The lowest BCUT2D eigenvalue weighted by atomic mass is 10.1. The molecule has 1 aliphatic heterocycles. The van der Waals surface area contributed by atoms with Gasteiger partial charge in [0.1, 0.15) is 0 Å². The molecule has 0 radical (unpaired) electrons. The average molecular weight is 257 g/mol. The van der Waals surface area contributed by atoms with Crippen LogP contribution in [0.25, 0.3) is 0 Å². The highest BCUT2D eigenvalue weighted by Gasteiger charge is 2.32. The summed E-state index contributed by atoms with van der Waals surface area (Å²) in [4.78, 5) is 11.8. The second-order valence-electron chi connectivity index (χ2n) is 3.92. The van der Waals surface area contributed by atoms with E-state index in [4.69, 9.17) is 5.11 Å². The van der Waals surface area contributed by atoms with Crippen molar-refractivity contribution in [3.8, 4) is 0 Å². The van der Waals surface area contributed by atoms with E-state index in [9.17, 15) is 18.3 Å². The molecule has 1 aliphatic rings. The number of sulfone groups is 1. The topological polar surface area (TPSA) is 94.9 Å². The van der Waals surface area contributed by atoms with Crippen LogP contribution in [0.5, 0.6) is 0 Å². The second-order valence-corrected chi connectivity index (χ2v) is 5.93. The van der Waals surface area contributed by atoms with Crippen LogP contribution in [0.15, 0.2) is 23.1 Å². The fourth-order valence-electron chi connectivity index (χ4n) is 1.81. The molecule has 6 nitrogen and oxygen atoms in total. The van der Waals surface area contributed by atoms with Gasteiger partial charge in [0.25, 0.3) is 0 Å². The Bertz CT molecular complexity index is 580. The summed E-state index contributed by atoms with van der Waals surface area (Å²) in [6.45, 7) is -0.00477. The van der Waals surface area contributed by atoms with E-state index in [-0.39, 0.29) is 11.4 Å². The molecule has 0 aliphatic carbocycles. The van der Waals surface area contributed by atoms with Crippen molar-refractivity contribution in [3.05, 3.63) is 29.3 Å². The number of benzene rings is 1. The number of fused-ring (bicyclic) bond motifs is 1. The molecule has 0 spiro atoms. The lowest BCUT2D eigenvalue weighted by Gasteiger charge is -2.15. The Balaban J connectivity index is 2.46. The first-order valence-corrected chi connectivity index (χ1v) is 6.70. The maximum atomic E-state index is 11.3. The number of amides is 1. The molecule has 2 N–H and O–H groups in total. The monoisotopic (exact) mass is 257 g/mol. The zero-order chi connectivity index (χ0) is 12.8. The fraction of sp³-hybridized carbons (Fsp3) is 0.300. The molecule has 0 saturated heterocycles. The number of aliphatic hydroxyl groups is 1. The smallest absolute Gasteiger partial charge is 0.409 e. The van der Waals surface area contributed by atoms with Crippen LogP contribution >= 0.6 is 0 Å². The molecule has 2 rings (SSSR count). The summed E-state index contributed by atoms with van der Waals surface area (Å²) in [5.74, 6) is 0. The predicted octanol–water partition coefficient (Wildman–Crippen LogP) is 0.575. The Morgan fingerprint density at radius 1 is 1.47 bits per heavy atom. The third-order valence-electron chi connectivity index (χ3n) is 2.70. The zero-order valence-corrected chi connectivity index (χ0v) is 9.81. The van der Waals surface area contributed by atoms with Crippen LogP contribution in [0.2, 0.25) is 0 Å². The number of rotatable bonds is 1. The van der Waals surface area contributed by atoms with E-state index >= 15 is 0 Å². The van der Waals surface area contributed by atoms with E-state index in [2.05, 4.69) is 0 Å². The van der Waals surface area contributed by atoms with Crippen LogP contribution in [0.3, 0.4) is 0 Å². The van der Waals surface area contributed by atoms with Gasteiger partial charge in [-0.3, -0.25) is 4.90 Å². The highest BCUT2D eigenvalue weighted by molar-refractivity contribution is 7.90. The minimum Gasteiger partial charge on any atom is -0.465 e. The van der Waals surface area contributed by atoms with E-state index in [0.717, 1.165) is 11.2 Å². The minimum atomic E-state index is -3.33. The Hall–Kier alpha value is -1.60. The number of nitrogens with zero attached hydrogens (tertiary/aromatic N) is 1. The van der Waals surface area contributed by atoms with E-state index < -0.39 is 22.2 Å². The molecule has 0 saturated carbocycles. The standard InChI is InChI=1S/C10H11NO5S/c1-17(15,16)7-2-3-8-6(4-7)5-11(9(8)12)10(13)14/h2-4,9,12H,5H2,1H3,(H,13,14). The predicted molar refractivity (Wildman–Crippen MR) is 58.1 cm³/mol. The van der Waals surface area contributed by atoms with Gasteiger partial charge in [-0.2, -0.15) is 0 Å². The summed E-state index contributed by atoms with van der Waals surface area (Å²) >= 11 is 0. The van der Waals surface area contributed by atoms with Gasteiger partial charge in [-0.1, -0.05) is 6.07 Å². The molecule has 1 heterocycles. The van der Waals surface area contributed by atoms with Crippen LogP contribution in [-0.4, -0.2) is 35.9 Å². The molecule has 17 heavy (non-hydrogen) atoms. The lowest BCUT2D eigenvalue weighted by Crippen LogP contribution is -2.27. The van der Waals surface area contributed by atoms with E-state index in [1.165, 1.54) is 18.2 Å². The first-order valence-electron chi connectivity index (χ1n) is 4.81. The summed E-state index contributed by atoms with van der Waals surface area (Å²) in [7, 11) is -3.33. The van der Waals surface area contributed by atoms with Gasteiger partial charge in [-0.25, -0.2) is 13.2 Å². The van der Waals surface area contributed by atoms with Crippen molar-refractivity contribution in [2.24, 2.45) is 0 Å². The molecule has 7 heteroatoms. The Kier molecular flexibility index (Phi) is 2.59. The molecule has 1 aromatic carbocycles. The van der Waals surface area contributed by atoms with Crippen molar-refractivity contribution >= 4 is 15.9 Å². The summed E-state index contributed by atoms with van der Waals surface area (Å²) in [6, 6.07) is 4.21. The third kappa shape index (κ3) is 1.98. The number of aliphatic hydroxyl groups excluding tert-OH is 1. The highest BCUT2D eigenvalue weighted by atomic mass is 32.2. The first kappa shape index (κ1) is 11.9. The van der Waals surface area contributed by atoms with Crippen LogP contribution in [0.1, 0.15) is 17.4 Å². The highest BCUT2D eigenvalue weighted by Crippen LogP contribution is 2.32. The number of hydrogen-bond donors (Lipinski definition) is 2. The lowest BCUT2D eigenvalue weighted by molar-refractivity contribution is 0.0210. The molecule has 0 aromatic heterocycles. The van der Waals surface area contributed by atoms with Gasteiger partial charge < -0.3 is 10.2 Å². The quantitative estimate of drug-likeness (QED) is 0.767. The van der Waals surface area contributed by atoms with E-state index in [1.54, 1.807) is 0 Å². The maximum Gasteiger partial charge on any atom is 0.409 e. The van der Waals surface area contributed by atoms with Crippen molar-refractivity contribution in [3.63, 3.8) is 0 Å². The van der Waals surface area contributed by atoms with Crippen LogP contribution < -0.4 is 0 Å². The third-order valence-corrected chi connectivity index (χ3v) is 3.81. The van der Waals surface area contributed by atoms with Gasteiger partial charge in [-0.15, -0.1) is 0 Å². The molecule has 92 valence electrons. The average Bonchev–Trinajstić information content (AvgIpc) is 2.54. The zero-order valence-electron chi connectivity index (χ0n) is 8.99. The fourth-order valence-corrected chi connectivity index (χ4v) is 2.48. The normalized spacial score (nSPS) is 19.2. The van der Waals surface area contributed by atoms with E-state index in [0.29, 0.717) is 11.1 Å². The maximum absolute atomic E-state index is 11.3. The number of carboxylic acid groups (broad SMARTS) is 1. The number of hydrogen-bond acceptors (Lipinski definition) is 4. The first-order chi connectivity index (χ1) is 7.80. The Labute approximate surface area is 98.0 Å². The van der Waals surface area contributed by atoms with Crippen molar-refractivity contribution in [2.75, 3.05) is 6.26 Å². The summed E-state index contributed by atoms with van der Waals surface area (Å²) in [5, 5.41) is 18.5. The molecule has 1 amide bonds. The van der Waals surface area contributed by atoms with Crippen molar-refractivity contribution in [2.45, 2.75) is 17.7 Å². The van der Waals surface area contributed by atoms with Crippen LogP contribution in [0.4, 0.5) is 4.79 Å². The Morgan fingerprint density at radius 3 is 2.65 bits per heavy atom. The van der Waals surface area contributed by atoms with Gasteiger partial charge in [0, 0.05) is 11.8 Å². The van der Waals surface area contributed by atoms with Gasteiger partial charge in [-0.05, 0) is 17.7 Å². The molecule has 0 fully saturated rings. The SMILES string of the molecule is CS(=O)(=O)c1ccc2c(c1)CN(C(=O)O)C2O. The molecule has 1 aromatic rings. The molecule has 1 unspecified atom stereocenters. The number of carbonyl (C=O) groups is 1. The summed E-state index contributed by atoms with van der Waals surface area (Å²) in [6.07, 6.45) is -1.39. The summed E-state index contributed by atoms with van der Waals surface area (Å²) in [5.41, 5.74) is 0.947. The summed E-state index contributed by atoms with van der Waals surface area (Å²) < 4.78 is 22.7. The minimum absolute atomic E-state index is 0.00477. The van der Waals surface area contributed by atoms with Gasteiger partial charge in [0.15, 0.2) is 16.1 Å².